The number of hydrogen-bond donors (Lipinski definition) is 1. The Kier molecular flexibility index (Phi) is 6.64. The van der Waals surface area contributed by atoms with E-state index in [-0.39, 0.29) is 52.1 Å². The van der Waals surface area contributed by atoms with Crippen molar-refractivity contribution >= 4 is 33.6 Å². The van der Waals surface area contributed by atoms with Gasteiger partial charge in [-0.2, -0.15) is 15.2 Å². The molecule has 0 saturated carbocycles. The van der Waals surface area contributed by atoms with Gasteiger partial charge >= 0.3 is 6.01 Å². The second kappa shape index (κ2) is 10.6. The van der Waals surface area contributed by atoms with Gasteiger partial charge in [0.2, 0.25) is 0 Å². The highest BCUT2D eigenvalue weighted by Crippen LogP contribution is 2.44. The number of phenols is 1. The van der Waals surface area contributed by atoms with Crippen molar-refractivity contribution in [3.63, 3.8) is 0 Å². The maximum atomic E-state index is 17.0. The summed E-state index contributed by atoms with van der Waals surface area (Å²) < 4.78 is 38.4. The van der Waals surface area contributed by atoms with Crippen LogP contribution in [0.25, 0.3) is 39.0 Å². The minimum Gasteiger partial charge on any atom is -0.508 e. The molecule has 3 fully saturated rings. The van der Waals surface area contributed by atoms with E-state index in [2.05, 4.69) is 22.4 Å². The van der Waals surface area contributed by atoms with Crippen molar-refractivity contribution in [2.24, 2.45) is 5.92 Å². The molecule has 0 spiro atoms. The van der Waals surface area contributed by atoms with E-state index in [1.165, 1.54) is 24.3 Å². The largest absolute Gasteiger partial charge is 0.508 e. The highest BCUT2D eigenvalue weighted by Gasteiger charge is 2.45. The van der Waals surface area contributed by atoms with Gasteiger partial charge in [-0.15, -0.1) is 0 Å². The van der Waals surface area contributed by atoms with Gasteiger partial charge in [0.1, 0.15) is 35.2 Å². The molecule has 10 heteroatoms. The van der Waals surface area contributed by atoms with Crippen LogP contribution in [0.2, 0.25) is 0 Å². The minimum atomic E-state index is -0.709. The number of aromatic nitrogens is 3. The first kappa shape index (κ1) is 28.1. The number of aromatic hydroxyl groups is 1. The van der Waals surface area contributed by atoms with Crippen LogP contribution in [0.5, 0.6) is 11.8 Å². The van der Waals surface area contributed by atoms with Crippen LogP contribution in [0.1, 0.15) is 56.2 Å². The maximum absolute atomic E-state index is 17.0. The van der Waals surface area contributed by atoms with Gasteiger partial charge in [-0.25, -0.2) is 13.8 Å². The van der Waals surface area contributed by atoms with E-state index in [1.54, 1.807) is 6.07 Å². The van der Waals surface area contributed by atoms with Crippen LogP contribution in [0.4, 0.5) is 14.6 Å². The van der Waals surface area contributed by atoms with Gasteiger partial charge in [0.05, 0.1) is 28.6 Å². The van der Waals surface area contributed by atoms with E-state index in [9.17, 15) is 10.4 Å². The Morgan fingerprint density at radius 1 is 1.07 bits per heavy atom. The van der Waals surface area contributed by atoms with Crippen molar-refractivity contribution in [3.8, 4) is 29.1 Å². The quantitative estimate of drug-likeness (QED) is 0.273. The van der Waals surface area contributed by atoms with Crippen molar-refractivity contribution in [1.29, 1.82) is 5.26 Å². The minimum absolute atomic E-state index is 0.0508. The van der Waals surface area contributed by atoms with Crippen molar-refractivity contribution in [2.75, 3.05) is 31.1 Å². The summed E-state index contributed by atoms with van der Waals surface area (Å²) in [5, 5.41) is 22.4. The fourth-order valence-electron chi connectivity index (χ4n) is 8.42. The SMILES string of the molecule is C=Cc1c(F)ccc2cc(O)cc(-c3nc4c5c(nc(OCC67CCCN6CCC7)nc5c3F)N3CCCCC3C(C#N)C4)c12. The Hall–Kier alpha value is -4.36. The topological polar surface area (TPSA) is 98.4 Å². The molecule has 0 amide bonds. The lowest BCUT2D eigenvalue weighted by Gasteiger charge is -2.38. The maximum Gasteiger partial charge on any atom is 0.319 e. The highest BCUT2D eigenvalue weighted by molar-refractivity contribution is 6.04. The molecule has 45 heavy (non-hydrogen) atoms. The summed E-state index contributed by atoms with van der Waals surface area (Å²) in [5.74, 6) is -1.18. The van der Waals surface area contributed by atoms with E-state index >= 15 is 8.78 Å². The molecular formula is C35H34F2N6O2. The zero-order chi connectivity index (χ0) is 30.9. The van der Waals surface area contributed by atoms with Gasteiger partial charge in [-0.3, -0.25) is 4.90 Å². The van der Waals surface area contributed by atoms with E-state index < -0.39 is 17.6 Å². The number of nitriles is 1. The Labute approximate surface area is 260 Å². The molecule has 2 atom stereocenters. The average Bonchev–Trinajstić information content (AvgIpc) is 3.60. The van der Waals surface area contributed by atoms with Crippen molar-refractivity contribution < 1.29 is 18.6 Å². The standard InChI is InChI=1S/C35H34F2N6O2/c1-2-23-25(36)9-8-20-15-22(44)17-24(28(20)23)31-30(37)32-29-26(39-31)16-21(18-38)27-7-3-4-14-43(27)33(29)41-34(40-32)45-19-35-10-5-12-42(35)13-6-11-35/h2,8-9,15,17,21,27,44H,1,3-7,10-14,16,19H2. The normalized spacial score (nSPS) is 22.2. The number of fused-ring (bicyclic) bond motifs is 4. The predicted octanol–water partition coefficient (Wildman–Crippen LogP) is 6.53. The third-order valence-corrected chi connectivity index (χ3v) is 10.5. The van der Waals surface area contributed by atoms with Gasteiger partial charge in [0.15, 0.2) is 5.82 Å². The number of benzene rings is 2. The molecule has 0 aliphatic carbocycles. The van der Waals surface area contributed by atoms with Gasteiger partial charge in [0.25, 0.3) is 0 Å². The van der Waals surface area contributed by atoms with Crippen molar-refractivity contribution in [3.05, 3.63) is 53.7 Å². The number of ether oxygens (including phenoxy) is 1. The molecule has 6 heterocycles. The lowest BCUT2D eigenvalue weighted by molar-refractivity contribution is 0.108. The predicted molar refractivity (Wildman–Crippen MR) is 168 cm³/mol. The van der Waals surface area contributed by atoms with Gasteiger partial charge < -0.3 is 14.7 Å². The molecular weight excluding hydrogens is 574 g/mol. The van der Waals surface area contributed by atoms with Crippen LogP contribution in [-0.2, 0) is 6.42 Å². The first-order valence-electron chi connectivity index (χ1n) is 15.9. The number of hydrogen-bond acceptors (Lipinski definition) is 8. The highest BCUT2D eigenvalue weighted by atomic mass is 19.1. The van der Waals surface area contributed by atoms with Crippen molar-refractivity contribution in [2.45, 2.75) is 62.9 Å². The zero-order valence-electron chi connectivity index (χ0n) is 25.0. The third kappa shape index (κ3) is 4.35. The summed E-state index contributed by atoms with van der Waals surface area (Å²) in [7, 11) is 0. The van der Waals surface area contributed by atoms with Crippen LogP contribution >= 0.6 is 0 Å². The molecule has 2 unspecified atom stereocenters. The van der Waals surface area contributed by atoms with Crippen LogP contribution < -0.4 is 9.64 Å². The lowest BCUT2D eigenvalue weighted by Crippen LogP contribution is -2.44. The summed E-state index contributed by atoms with van der Waals surface area (Å²) in [6, 6.07) is 8.24. The molecule has 4 aliphatic rings. The molecule has 2 aromatic carbocycles. The molecule has 2 aromatic heterocycles. The summed E-state index contributed by atoms with van der Waals surface area (Å²) in [5.41, 5.74) is 0.845. The number of pyridine rings is 1. The van der Waals surface area contributed by atoms with Gasteiger partial charge in [-0.1, -0.05) is 18.7 Å². The summed E-state index contributed by atoms with van der Waals surface area (Å²) in [6.45, 7) is 7.01. The fraction of sp³-hybridized carbons (Fsp3) is 0.429. The van der Waals surface area contributed by atoms with Crippen molar-refractivity contribution in [1.82, 2.24) is 19.9 Å². The summed E-state index contributed by atoms with van der Waals surface area (Å²) in [6.07, 6.45) is 8.75. The third-order valence-electron chi connectivity index (χ3n) is 10.5. The van der Waals surface area contributed by atoms with E-state index in [0.717, 1.165) is 58.0 Å². The first-order valence-corrected chi connectivity index (χ1v) is 15.9. The molecule has 3 saturated heterocycles. The monoisotopic (exact) mass is 608 g/mol. The lowest BCUT2D eigenvalue weighted by atomic mass is 9.89. The molecule has 0 radical (unpaired) electrons. The van der Waals surface area contributed by atoms with E-state index in [1.807, 2.05) is 0 Å². The zero-order valence-corrected chi connectivity index (χ0v) is 25.0. The van der Waals surface area contributed by atoms with E-state index in [0.29, 0.717) is 40.8 Å². The van der Waals surface area contributed by atoms with Crippen LogP contribution in [0.3, 0.4) is 0 Å². The molecule has 4 aromatic rings. The average molecular weight is 609 g/mol. The molecule has 230 valence electrons. The number of halogens is 2. The number of nitrogens with zero attached hydrogens (tertiary/aromatic N) is 6. The number of anilines is 1. The molecule has 8 rings (SSSR count). The number of rotatable bonds is 5. The molecule has 8 nitrogen and oxygen atoms in total. The Morgan fingerprint density at radius 3 is 2.67 bits per heavy atom. The fourth-order valence-corrected chi connectivity index (χ4v) is 8.42. The van der Waals surface area contributed by atoms with Crippen LogP contribution in [0, 0.1) is 28.9 Å². The Morgan fingerprint density at radius 2 is 1.89 bits per heavy atom. The van der Waals surface area contributed by atoms with Crippen LogP contribution in [-0.4, -0.2) is 62.8 Å². The van der Waals surface area contributed by atoms with Gasteiger partial charge in [-0.05, 0) is 81.6 Å². The second-order valence-corrected chi connectivity index (χ2v) is 12.9. The molecule has 4 aliphatic heterocycles. The smallest absolute Gasteiger partial charge is 0.319 e. The Balaban J connectivity index is 1.37. The first-order chi connectivity index (χ1) is 21.9. The molecule has 1 N–H and O–H groups in total. The summed E-state index contributed by atoms with van der Waals surface area (Å²) >= 11 is 0. The van der Waals surface area contributed by atoms with Crippen LogP contribution in [0.15, 0.2) is 30.8 Å². The number of piperidine rings is 1. The second-order valence-electron chi connectivity index (χ2n) is 12.9. The van der Waals surface area contributed by atoms with E-state index in [4.69, 9.17) is 19.7 Å². The molecule has 0 bridgehead atoms. The summed E-state index contributed by atoms with van der Waals surface area (Å²) in [4.78, 5) is 19.1. The number of phenolic OH excluding ortho intramolecular Hbond substituents is 1. The Bertz CT molecular complexity index is 1910. The van der Waals surface area contributed by atoms with Gasteiger partial charge in [0, 0.05) is 35.5 Å².